The molecule has 0 bridgehead atoms. The maximum absolute atomic E-state index is 12.2. The molecule has 0 aliphatic carbocycles. The molecule has 0 saturated heterocycles. The number of anilines is 1. The molecule has 1 N–H and O–H groups in total. The molecule has 3 aromatic rings. The molecule has 0 atom stereocenters. The minimum Gasteiger partial charge on any atom is -0.481 e. The average Bonchev–Trinajstić information content (AvgIpc) is 2.72. The number of aryl methyl sites for hydroxylation is 2. The van der Waals surface area contributed by atoms with Gasteiger partial charge in [-0.1, -0.05) is 31.2 Å². The van der Waals surface area contributed by atoms with E-state index in [-0.39, 0.29) is 12.5 Å². The molecule has 0 radical (unpaired) electrons. The highest BCUT2D eigenvalue weighted by Crippen LogP contribution is 2.34. The van der Waals surface area contributed by atoms with Crippen LogP contribution in [-0.2, 0) is 11.2 Å². The van der Waals surface area contributed by atoms with Crippen LogP contribution in [0.4, 0.5) is 11.4 Å². The van der Waals surface area contributed by atoms with Crippen LogP contribution >= 0.6 is 31.9 Å². The molecule has 3 rings (SSSR count). The number of nitrogens with zero attached hydrogens (tertiary/aromatic N) is 1. The van der Waals surface area contributed by atoms with Crippen LogP contribution in [0.1, 0.15) is 23.6 Å². The standard InChI is InChI=1S/C24H22Br2N2O2/c1-3-17-7-9-19(10-8-17)27-14-18-12-21(25)24(22(26)13-18)30-15-23(29)28-20-6-4-5-16(2)11-20/h4-14H,3,15H2,1-2H3,(H,28,29). The number of hydrogen-bond donors (Lipinski definition) is 1. The molecule has 3 aromatic carbocycles. The van der Waals surface area contributed by atoms with Crippen molar-refractivity contribution in [2.45, 2.75) is 20.3 Å². The molecular formula is C24H22Br2N2O2. The summed E-state index contributed by atoms with van der Waals surface area (Å²) in [7, 11) is 0. The fraction of sp³-hybridized carbons (Fsp3) is 0.167. The maximum atomic E-state index is 12.2. The third-order valence-electron chi connectivity index (χ3n) is 4.38. The molecule has 154 valence electrons. The van der Waals surface area contributed by atoms with E-state index in [1.165, 1.54) is 5.56 Å². The van der Waals surface area contributed by atoms with Gasteiger partial charge in [0.1, 0.15) is 5.75 Å². The molecule has 0 aliphatic heterocycles. The number of carbonyl (C=O) groups excluding carboxylic acids is 1. The minimum absolute atomic E-state index is 0.0949. The highest BCUT2D eigenvalue weighted by Gasteiger charge is 2.11. The zero-order valence-corrected chi connectivity index (χ0v) is 20.0. The van der Waals surface area contributed by atoms with E-state index in [1.54, 1.807) is 6.21 Å². The van der Waals surface area contributed by atoms with Crippen molar-refractivity contribution >= 4 is 55.4 Å². The van der Waals surface area contributed by atoms with Gasteiger partial charge >= 0.3 is 0 Å². The Morgan fingerprint density at radius 1 is 1.07 bits per heavy atom. The number of nitrogens with one attached hydrogen (secondary N) is 1. The second-order valence-corrected chi connectivity index (χ2v) is 8.51. The third kappa shape index (κ3) is 6.28. The Kier molecular flexibility index (Phi) is 7.82. The predicted octanol–water partition coefficient (Wildman–Crippen LogP) is 6.85. The maximum Gasteiger partial charge on any atom is 0.262 e. The van der Waals surface area contributed by atoms with Crippen molar-refractivity contribution in [1.29, 1.82) is 0 Å². The summed E-state index contributed by atoms with van der Waals surface area (Å²) in [5.41, 5.74) is 4.92. The quantitative estimate of drug-likeness (QED) is 0.340. The molecule has 0 aliphatic rings. The van der Waals surface area contributed by atoms with Crippen molar-refractivity contribution in [2.24, 2.45) is 4.99 Å². The predicted molar refractivity (Wildman–Crippen MR) is 130 cm³/mol. The molecule has 4 nitrogen and oxygen atoms in total. The molecule has 0 spiro atoms. The van der Waals surface area contributed by atoms with Crippen LogP contribution in [0.15, 0.2) is 74.6 Å². The first-order valence-corrected chi connectivity index (χ1v) is 11.1. The summed E-state index contributed by atoms with van der Waals surface area (Å²) in [5, 5.41) is 2.83. The van der Waals surface area contributed by atoms with Gasteiger partial charge < -0.3 is 10.1 Å². The van der Waals surface area contributed by atoms with Gasteiger partial charge in [0.05, 0.1) is 14.6 Å². The van der Waals surface area contributed by atoms with Gasteiger partial charge in [0, 0.05) is 11.9 Å². The van der Waals surface area contributed by atoms with E-state index in [0.717, 1.165) is 37.9 Å². The third-order valence-corrected chi connectivity index (χ3v) is 5.56. The van der Waals surface area contributed by atoms with E-state index >= 15 is 0 Å². The first-order chi connectivity index (χ1) is 14.4. The smallest absolute Gasteiger partial charge is 0.262 e. The van der Waals surface area contributed by atoms with Crippen molar-refractivity contribution in [3.8, 4) is 5.75 Å². The summed E-state index contributed by atoms with van der Waals surface area (Å²) in [6, 6.07) is 19.6. The van der Waals surface area contributed by atoms with Crippen LogP contribution in [0, 0.1) is 6.92 Å². The van der Waals surface area contributed by atoms with Gasteiger partial charge in [-0.3, -0.25) is 9.79 Å². The summed E-state index contributed by atoms with van der Waals surface area (Å²) < 4.78 is 7.20. The van der Waals surface area contributed by atoms with E-state index in [4.69, 9.17) is 4.74 Å². The van der Waals surface area contributed by atoms with E-state index in [2.05, 4.69) is 61.2 Å². The molecule has 6 heteroatoms. The summed E-state index contributed by atoms with van der Waals surface area (Å²) in [6.45, 7) is 4.01. The number of hydrogen-bond acceptors (Lipinski definition) is 3. The van der Waals surface area contributed by atoms with E-state index in [1.807, 2.05) is 55.5 Å². The van der Waals surface area contributed by atoms with Crippen molar-refractivity contribution in [3.63, 3.8) is 0 Å². The van der Waals surface area contributed by atoms with Crippen LogP contribution in [0.3, 0.4) is 0 Å². The van der Waals surface area contributed by atoms with Crippen LogP contribution < -0.4 is 10.1 Å². The number of halogens is 2. The number of benzene rings is 3. The number of ether oxygens (including phenoxy) is 1. The van der Waals surface area contributed by atoms with Crippen LogP contribution in [-0.4, -0.2) is 18.7 Å². The molecular weight excluding hydrogens is 508 g/mol. The Labute approximate surface area is 193 Å². The molecule has 0 fully saturated rings. The van der Waals surface area contributed by atoms with Crippen LogP contribution in [0.2, 0.25) is 0 Å². The van der Waals surface area contributed by atoms with Crippen LogP contribution in [0.25, 0.3) is 0 Å². The highest BCUT2D eigenvalue weighted by atomic mass is 79.9. The van der Waals surface area contributed by atoms with Crippen molar-refractivity contribution < 1.29 is 9.53 Å². The number of amides is 1. The number of carbonyl (C=O) groups is 1. The lowest BCUT2D eigenvalue weighted by Gasteiger charge is -2.12. The Hall–Kier alpha value is -2.44. The van der Waals surface area contributed by atoms with Gasteiger partial charge in [-0.05, 0) is 98.3 Å². The second-order valence-electron chi connectivity index (χ2n) is 6.80. The average molecular weight is 530 g/mol. The number of aliphatic imine (C=N–C) groups is 1. The number of rotatable bonds is 7. The first-order valence-electron chi connectivity index (χ1n) is 9.56. The summed E-state index contributed by atoms with van der Waals surface area (Å²) in [6.07, 6.45) is 2.80. The molecule has 0 saturated carbocycles. The van der Waals surface area contributed by atoms with Crippen molar-refractivity contribution in [3.05, 3.63) is 86.3 Å². The molecule has 0 unspecified atom stereocenters. The Balaban J connectivity index is 1.63. The van der Waals surface area contributed by atoms with Gasteiger partial charge in [-0.25, -0.2) is 0 Å². The largest absolute Gasteiger partial charge is 0.481 e. The van der Waals surface area contributed by atoms with Gasteiger partial charge in [-0.15, -0.1) is 0 Å². The normalized spacial score (nSPS) is 10.9. The van der Waals surface area contributed by atoms with Gasteiger partial charge in [0.15, 0.2) is 6.61 Å². The summed E-state index contributed by atoms with van der Waals surface area (Å²) in [4.78, 5) is 16.7. The van der Waals surface area contributed by atoms with Gasteiger partial charge in [0.2, 0.25) is 0 Å². The zero-order valence-electron chi connectivity index (χ0n) is 16.8. The fourth-order valence-electron chi connectivity index (χ4n) is 2.82. The van der Waals surface area contributed by atoms with E-state index in [0.29, 0.717) is 5.75 Å². The molecule has 30 heavy (non-hydrogen) atoms. The zero-order chi connectivity index (χ0) is 21.5. The fourth-order valence-corrected chi connectivity index (χ4v) is 4.27. The Morgan fingerprint density at radius 2 is 1.77 bits per heavy atom. The van der Waals surface area contributed by atoms with Gasteiger partial charge in [0.25, 0.3) is 5.91 Å². The van der Waals surface area contributed by atoms with Crippen molar-refractivity contribution in [1.82, 2.24) is 0 Å². The van der Waals surface area contributed by atoms with Gasteiger partial charge in [-0.2, -0.15) is 0 Å². The highest BCUT2D eigenvalue weighted by molar-refractivity contribution is 9.11. The lowest BCUT2D eigenvalue weighted by Crippen LogP contribution is -2.20. The monoisotopic (exact) mass is 528 g/mol. The molecule has 1 amide bonds. The lowest BCUT2D eigenvalue weighted by atomic mass is 10.1. The van der Waals surface area contributed by atoms with Crippen LogP contribution in [0.5, 0.6) is 5.75 Å². The van der Waals surface area contributed by atoms with E-state index in [9.17, 15) is 4.79 Å². The Bertz CT molecular complexity index is 1040. The SMILES string of the molecule is CCc1ccc(N=Cc2cc(Br)c(OCC(=O)Nc3cccc(C)c3)c(Br)c2)cc1. The summed E-state index contributed by atoms with van der Waals surface area (Å²) >= 11 is 7.04. The minimum atomic E-state index is -0.222. The summed E-state index contributed by atoms with van der Waals surface area (Å²) in [5.74, 6) is 0.347. The topological polar surface area (TPSA) is 50.7 Å². The first kappa shape index (κ1) is 22.2. The Morgan fingerprint density at radius 3 is 2.40 bits per heavy atom. The van der Waals surface area contributed by atoms with Crippen molar-refractivity contribution in [2.75, 3.05) is 11.9 Å². The molecule has 0 aromatic heterocycles. The second kappa shape index (κ2) is 10.5. The lowest BCUT2D eigenvalue weighted by molar-refractivity contribution is -0.118. The van der Waals surface area contributed by atoms with E-state index < -0.39 is 0 Å². The molecule has 0 heterocycles.